The smallest absolute Gasteiger partial charge is 0.193 e. The lowest BCUT2D eigenvalue weighted by Gasteiger charge is -2.24. The van der Waals surface area contributed by atoms with Gasteiger partial charge in [0.05, 0.1) is 18.0 Å². The highest BCUT2D eigenvalue weighted by molar-refractivity contribution is 14.0. The summed E-state index contributed by atoms with van der Waals surface area (Å²) in [5, 5.41) is 8.07. The molecular formula is C22H34IN5O. The Kier molecular flexibility index (Phi) is 9.93. The second-order valence-corrected chi connectivity index (χ2v) is 7.47. The topological polar surface area (TPSA) is 54.7 Å². The van der Waals surface area contributed by atoms with Crippen LogP contribution in [-0.4, -0.2) is 60.5 Å². The summed E-state index contributed by atoms with van der Waals surface area (Å²) in [6.45, 7) is 8.64. The van der Waals surface area contributed by atoms with Crippen molar-refractivity contribution in [3.8, 4) is 5.69 Å². The first-order chi connectivity index (χ1) is 13.7. The maximum absolute atomic E-state index is 5.50. The summed E-state index contributed by atoms with van der Waals surface area (Å²) >= 11 is 0. The van der Waals surface area contributed by atoms with Gasteiger partial charge in [0.2, 0.25) is 0 Å². The quantitative estimate of drug-likeness (QED) is 0.255. The predicted molar refractivity (Wildman–Crippen MR) is 130 cm³/mol. The van der Waals surface area contributed by atoms with Gasteiger partial charge < -0.3 is 15.0 Å². The molecule has 0 radical (unpaired) electrons. The number of benzene rings is 1. The highest BCUT2D eigenvalue weighted by Gasteiger charge is 2.19. The largest absolute Gasteiger partial charge is 0.381 e. The molecule has 29 heavy (non-hydrogen) atoms. The number of aryl methyl sites for hydroxylation is 2. The highest BCUT2D eigenvalue weighted by atomic mass is 127. The molecule has 1 saturated heterocycles. The van der Waals surface area contributed by atoms with Crippen molar-refractivity contribution >= 4 is 29.9 Å². The normalized spacial score (nSPS) is 16.5. The molecule has 0 spiro atoms. The molecule has 6 nitrogen and oxygen atoms in total. The van der Waals surface area contributed by atoms with Gasteiger partial charge in [0.25, 0.3) is 0 Å². The average molecular weight is 511 g/mol. The number of halogens is 1. The van der Waals surface area contributed by atoms with Crippen LogP contribution in [0.2, 0.25) is 0 Å². The second-order valence-electron chi connectivity index (χ2n) is 7.47. The molecule has 1 aliphatic heterocycles. The van der Waals surface area contributed by atoms with E-state index in [4.69, 9.17) is 9.73 Å². The highest BCUT2D eigenvalue weighted by Crippen LogP contribution is 2.14. The molecule has 0 bridgehead atoms. The number of nitrogens with zero attached hydrogens (tertiary/aromatic N) is 4. The number of nitrogens with one attached hydrogen (secondary N) is 1. The lowest BCUT2D eigenvalue weighted by Crippen LogP contribution is -2.41. The van der Waals surface area contributed by atoms with Crippen LogP contribution in [0.15, 0.2) is 41.5 Å². The molecule has 0 saturated carbocycles. The maximum Gasteiger partial charge on any atom is 0.193 e. The number of hydrogen-bond acceptors (Lipinski definition) is 3. The molecule has 1 fully saturated rings. The number of para-hydroxylation sites is 1. The Balaban J connectivity index is 0.00000300. The van der Waals surface area contributed by atoms with E-state index in [2.05, 4.69) is 54.5 Å². The minimum Gasteiger partial charge on any atom is -0.381 e. The van der Waals surface area contributed by atoms with Crippen LogP contribution in [0.25, 0.3) is 5.69 Å². The van der Waals surface area contributed by atoms with Gasteiger partial charge in [-0.1, -0.05) is 18.2 Å². The maximum atomic E-state index is 5.50. The van der Waals surface area contributed by atoms with Crippen LogP contribution in [0.4, 0.5) is 0 Å². The van der Waals surface area contributed by atoms with Crippen molar-refractivity contribution < 1.29 is 4.74 Å². The molecular weight excluding hydrogens is 477 g/mol. The number of hydrogen-bond donors (Lipinski definition) is 1. The second kappa shape index (κ2) is 12.2. The fraction of sp³-hybridized carbons (Fsp3) is 0.545. The van der Waals surface area contributed by atoms with Crippen molar-refractivity contribution in [2.75, 3.05) is 39.9 Å². The summed E-state index contributed by atoms with van der Waals surface area (Å²) < 4.78 is 7.46. The fourth-order valence-corrected chi connectivity index (χ4v) is 3.58. The minimum atomic E-state index is 0. The zero-order chi connectivity index (χ0) is 19.8. The Bertz CT molecular complexity index is 756. The number of aliphatic imine (C=N–C) groups is 1. The lowest BCUT2D eigenvalue weighted by molar-refractivity contribution is 0.181. The lowest BCUT2D eigenvalue weighted by atomic mass is 10.1. The van der Waals surface area contributed by atoms with Crippen molar-refractivity contribution in [2.45, 2.75) is 33.1 Å². The van der Waals surface area contributed by atoms with Crippen molar-refractivity contribution in [1.82, 2.24) is 20.0 Å². The van der Waals surface area contributed by atoms with Crippen LogP contribution in [0.3, 0.4) is 0 Å². The SMILES string of the molecule is CCNC(=NCCCc1cn(-c2ccccc2)nc1C)N(C)CC1CCOC1.I. The number of rotatable bonds is 8. The van der Waals surface area contributed by atoms with Gasteiger partial charge in [-0.2, -0.15) is 5.10 Å². The Labute approximate surface area is 191 Å². The molecule has 0 aliphatic carbocycles. The predicted octanol–water partition coefficient (Wildman–Crippen LogP) is 3.67. The van der Waals surface area contributed by atoms with Gasteiger partial charge in [-0.05, 0) is 50.8 Å². The molecule has 1 aliphatic rings. The molecule has 1 aromatic heterocycles. The Morgan fingerprint density at radius 1 is 1.34 bits per heavy atom. The summed E-state index contributed by atoms with van der Waals surface area (Å²) in [6, 6.07) is 10.3. The van der Waals surface area contributed by atoms with Crippen LogP contribution >= 0.6 is 24.0 Å². The molecule has 2 heterocycles. The van der Waals surface area contributed by atoms with Crippen LogP contribution < -0.4 is 5.32 Å². The number of ether oxygens (including phenoxy) is 1. The molecule has 1 N–H and O–H groups in total. The molecule has 2 aromatic rings. The summed E-state index contributed by atoms with van der Waals surface area (Å²) in [5.41, 5.74) is 3.49. The van der Waals surface area contributed by atoms with E-state index in [1.165, 1.54) is 5.56 Å². The summed E-state index contributed by atoms with van der Waals surface area (Å²) in [4.78, 5) is 7.07. The van der Waals surface area contributed by atoms with E-state index >= 15 is 0 Å². The van der Waals surface area contributed by atoms with Crippen molar-refractivity contribution in [1.29, 1.82) is 0 Å². The van der Waals surface area contributed by atoms with E-state index < -0.39 is 0 Å². The first-order valence-electron chi connectivity index (χ1n) is 10.3. The molecule has 0 amide bonds. The monoisotopic (exact) mass is 511 g/mol. The molecule has 1 aromatic carbocycles. The van der Waals surface area contributed by atoms with Gasteiger partial charge >= 0.3 is 0 Å². The Morgan fingerprint density at radius 2 is 2.14 bits per heavy atom. The molecule has 7 heteroatoms. The Morgan fingerprint density at radius 3 is 2.83 bits per heavy atom. The van der Waals surface area contributed by atoms with E-state index in [9.17, 15) is 0 Å². The zero-order valence-electron chi connectivity index (χ0n) is 17.8. The number of guanidine groups is 1. The van der Waals surface area contributed by atoms with Crippen LogP contribution in [0, 0.1) is 12.8 Å². The van der Waals surface area contributed by atoms with E-state index in [1.54, 1.807) is 0 Å². The standard InChI is InChI=1S/C22H33N5O.HI/c1-4-23-22(26(3)15-19-12-14-28-17-19)24-13-8-9-20-16-27(25-18(20)2)21-10-6-5-7-11-21;/h5-7,10-11,16,19H,4,8-9,12-15,17H2,1-3H3,(H,23,24);1H. The van der Waals surface area contributed by atoms with Crippen LogP contribution in [0.5, 0.6) is 0 Å². The van der Waals surface area contributed by atoms with Gasteiger partial charge in [-0.15, -0.1) is 24.0 Å². The fourth-order valence-electron chi connectivity index (χ4n) is 3.58. The average Bonchev–Trinajstić information content (AvgIpc) is 3.34. The van der Waals surface area contributed by atoms with E-state index in [0.29, 0.717) is 5.92 Å². The first kappa shape index (κ1) is 23.7. The van der Waals surface area contributed by atoms with Gasteiger partial charge in [-0.3, -0.25) is 4.99 Å². The Hall–Kier alpha value is -1.61. The third-order valence-electron chi connectivity index (χ3n) is 5.14. The third-order valence-corrected chi connectivity index (χ3v) is 5.14. The summed E-state index contributed by atoms with van der Waals surface area (Å²) in [5.74, 6) is 1.60. The van der Waals surface area contributed by atoms with Gasteiger partial charge in [0.15, 0.2) is 5.96 Å². The van der Waals surface area contributed by atoms with Gasteiger partial charge in [0.1, 0.15) is 0 Å². The van der Waals surface area contributed by atoms with Crippen molar-refractivity contribution in [2.24, 2.45) is 10.9 Å². The van der Waals surface area contributed by atoms with E-state index in [1.807, 2.05) is 22.9 Å². The van der Waals surface area contributed by atoms with E-state index in [0.717, 1.165) is 69.5 Å². The van der Waals surface area contributed by atoms with E-state index in [-0.39, 0.29) is 24.0 Å². The molecule has 3 rings (SSSR count). The number of aromatic nitrogens is 2. The van der Waals surface area contributed by atoms with Crippen LogP contribution in [0.1, 0.15) is 31.0 Å². The third kappa shape index (κ3) is 6.99. The van der Waals surface area contributed by atoms with Gasteiger partial charge in [-0.25, -0.2) is 4.68 Å². The molecule has 1 unspecified atom stereocenters. The first-order valence-corrected chi connectivity index (χ1v) is 10.3. The van der Waals surface area contributed by atoms with Crippen molar-refractivity contribution in [3.63, 3.8) is 0 Å². The van der Waals surface area contributed by atoms with Gasteiger partial charge in [0, 0.05) is 45.4 Å². The zero-order valence-corrected chi connectivity index (χ0v) is 20.1. The van der Waals surface area contributed by atoms with Crippen molar-refractivity contribution in [3.05, 3.63) is 47.8 Å². The molecule has 1 atom stereocenters. The molecule has 160 valence electrons. The minimum absolute atomic E-state index is 0. The summed E-state index contributed by atoms with van der Waals surface area (Å²) in [6.07, 6.45) is 5.29. The van der Waals surface area contributed by atoms with Crippen LogP contribution in [-0.2, 0) is 11.2 Å². The summed E-state index contributed by atoms with van der Waals surface area (Å²) in [7, 11) is 2.12.